The Morgan fingerprint density at radius 2 is 1.97 bits per heavy atom. The largest absolute Gasteiger partial charge is 0.483 e. The van der Waals surface area contributed by atoms with Gasteiger partial charge in [-0.05, 0) is 97.1 Å². The Morgan fingerprint density at radius 3 is 2.66 bits per heavy atom. The Balaban J connectivity index is 1.70. The molecule has 1 N–H and O–H groups in total. The van der Waals surface area contributed by atoms with Crippen LogP contribution in [-0.4, -0.2) is 30.8 Å². The van der Waals surface area contributed by atoms with E-state index in [2.05, 4.69) is 100 Å². The minimum absolute atomic E-state index is 0.0209. The molecule has 1 heterocycles. The number of halogens is 2. The summed E-state index contributed by atoms with van der Waals surface area (Å²) >= 11 is 6.81. The van der Waals surface area contributed by atoms with Crippen molar-refractivity contribution in [3.8, 4) is 5.75 Å². The molecule has 1 amide bonds. The SMILES string of the molecule is CCCN1c2cc(C)c(/C=N/NC(=O)COc3ccc(Br)cc3Br)cc2C(C)=CC1(C)C. The van der Waals surface area contributed by atoms with Gasteiger partial charge in [-0.3, -0.25) is 4.79 Å². The molecule has 1 aliphatic heterocycles. The van der Waals surface area contributed by atoms with Gasteiger partial charge in [-0.2, -0.15) is 5.10 Å². The number of hydrazone groups is 1. The molecule has 0 radical (unpaired) electrons. The number of hydrogen-bond acceptors (Lipinski definition) is 4. The minimum Gasteiger partial charge on any atom is -0.483 e. The number of fused-ring (bicyclic) bond motifs is 1. The highest BCUT2D eigenvalue weighted by Crippen LogP contribution is 2.40. The maximum absolute atomic E-state index is 12.2. The van der Waals surface area contributed by atoms with Crippen molar-refractivity contribution < 1.29 is 9.53 Å². The van der Waals surface area contributed by atoms with Crippen LogP contribution >= 0.6 is 31.9 Å². The molecule has 7 heteroatoms. The lowest BCUT2D eigenvalue weighted by atomic mass is 9.87. The van der Waals surface area contributed by atoms with Crippen LogP contribution < -0.4 is 15.1 Å². The van der Waals surface area contributed by atoms with E-state index < -0.39 is 0 Å². The maximum Gasteiger partial charge on any atom is 0.277 e. The third kappa shape index (κ3) is 5.62. The molecule has 1 aliphatic rings. The molecule has 5 nitrogen and oxygen atoms in total. The molecule has 2 aromatic rings. The lowest BCUT2D eigenvalue weighted by Gasteiger charge is -2.43. The second-order valence-electron chi connectivity index (χ2n) is 8.52. The summed E-state index contributed by atoms with van der Waals surface area (Å²) in [5, 5.41) is 4.15. The van der Waals surface area contributed by atoms with Crippen molar-refractivity contribution in [1.82, 2.24) is 5.43 Å². The Hall–Kier alpha value is -2.12. The minimum atomic E-state index is -0.321. The van der Waals surface area contributed by atoms with E-state index in [1.54, 1.807) is 12.3 Å². The molecule has 0 spiro atoms. The molecule has 0 atom stereocenters. The van der Waals surface area contributed by atoms with E-state index >= 15 is 0 Å². The molecule has 3 rings (SSSR count). The van der Waals surface area contributed by atoms with Crippen LogP contribution in [0.2, 0.25) is 0 Å². The number of anilines is 1. The predicted octanol–water partition coefficient (Wildman–Crippen LogP) is 6.46. The van der Waals surface area contributed by atoms with Crippen molar-refractivity contribution in [2.75, 3.05) is 18.1 Å². The number of hydrogen-bond donors (Lipinski definition) is 1. The van der Waals surface area contributed by atoms with Crippen molar-refractivity contribution in [2.45, 2.75) is 46.6 Å². The number of rotatable bonds is 7. The highest BCUT2D eigenvalue weighted by molar-refractivity contribution is 9.11. The van der Waals surface area contributed by atoms with Gasteiger partial charge in [0.2, 0.25) is 0 Å². The van der Waals surface area contributed by atoms with Crippen LogP contribution in [0.25, 0.3) is 5.57 Å². The number of aryl methyl sites for hydroxylation is 1. The van der Waals surface area contributed by atoms with Crippen LogP contribution in [0.5, 0.6) is 5.75 Å². The van der Waals surface area contributed by atoms with E-state index in [4.69, 9.17) is 4.74 Å². The highest BCUT2D eigenvalue weighted by atomic mass is 79.9. The van der Waals surface area contributed by atoms with E-state index in [1.165, 1.54) is 16.8 Å². The van der Waals surface area contributed by atoms with Crippen LogP contribution in [0.15, 0.2) is 50.5 Å². The Morgan fingerprint density at radius 1 is 1.22 bits per heavy atom. The van der Waals surface area contributed by atoms with Crippen LogP contribution in [-0.2, 0) is 4.79 Å². The molecule has 32 heavy (non-hydrogen) atoms. The third-order valence-electron chi connectivity index (χ3n) is 5.46. The smallest absolute Gasteiger partial charge is 0.277 e. The average Bonchev–Trinajstić information content (AvgIpc) is 2.71. The van der Waals surface area contributed by atoms with Crippen molar-refractivity contribution >= 4 is 55.2 Å². The summed E-state index contributed by atoms with van der Waals surface area (Å²) in [6.45, 7) is 11.8. The van der Waals surface area contributed by atoms with Gasteiger partial charge in [-0.25, -0.2) is 5.43 Å². The lowest BCUT2D eigenvalue weighted by molar-refractivity contribution is -0.123. The molecule has 0 fully saturated rings. The molecule has 0 saturated carbocycles. The number of amides is 1. The quantitative estimate of drug-likeness (QED) is 0.311. The van der Waals surface area contributed by atoms with Crippen molar-refractivity contribution in [3.05, 3.63) is 62.0 Å². The first-order valence-electron chi connectivity index (χ1n) is 10.6. The van der Waals surface area contributed by atoms with Crippen LogP contribution in [0, 0.1) is 6.92 Å². The molecule has 170 valence electrons. The van der Waals surface area contributed by atoms with Crippen LogP contribution in [0.1, 0.15) is 50.8 Å². The topological polar surface area (TPSA) is 53.9 Å². The van der Waals surface area contributed by atoms with Gasteiger partial charge >= 0.3 is 0 Å². The first-order valence-corrected chi connectivity index (χ1v) is 12.2. The summed E-state index contributed by atoms with van der Waals surface area (Å²) in [6.07, 6.45) is 5.10. The average molecular weight is 563 g/mol. The molecule has 0 unspecified atom stereocenters. The first kappa shape index (κ1) is 24.5. The molecular weight excluding hydrogens is 534 g/mol. The maximum atomic E-state index is 12.2. The molecule has 0 saturated heterocycles. The van der Waals surface area contributed by atoms with Gasteiger partial charge in [0.05, 0.1) is 16.2 Å². The highest BCUT2D eigenvalue weighted by Gasteiger charge is 2.31. The molecule has 0 bridgehead atoms. The summed E-state index contributed by atoms with van der Waals surface area (Å²) in [6, 6.07) is 9.89. The Kier molecular flexibility index (Phi) is 7.83. The van der Waals surface area contributed by atoms with Gasteiger partial charge in [-0.15, -0.1) is 0 Å². The van der Waals surface area contributed by atoms with Gasteiger partial charge in [0, 0.05) is 22.3 Å². The zero-order chi connectivity index (χ0) is 23.5. The van der Waals surface area contributed by atoms with Gasteiger partial charge in [0.15, 0.2) is 6.61 Å². The number of ether oxygens (including phenoxy) is 1. The predicted molar refractivity (Wildman–Crippen MR) is 140 cm³/mol. The van der Waals surface area contributed by atoms with Crippen molar-refractivity contribution in [3.63, 3.8) is 0 Å². The number of carbonyl (C=O) groups is 1. The summed E-state index contributed by atoms with van der Waals surface area (Å²) in [7, 11) is 0. The summed E-state index contributed by atoms with van der Waals surface area (Å²) in [4.78, 5) is 14.6. The van der Waals surface area contributed by atoms with Crippen molar-refractivity contribution in [2.24, 2.45) is 5.10 Å². The van der Waals surface area contributed by atoms with E-state index in [9.17, 15) is 4.79 Å². The summed E-state index contributed by atoms with van der Waals surface area (Å²) in [5.74, 6) is 0.276. The van der Waals surface area contributed by atoms with Gasteiger partial charge in [0.25, 0.3) is 5.91 Å². The second-order valence-corrected chi connectivity index (χ2v) is 10.3. The Labute approximate surface area is 207 Å². The monoisotopic (exact) mass is 561 g/mol. The number of allylic oxidation sites excluding steroid dienone is 1. The molecule has 0 aromatic heterocycles. The van der Waals surface area contributed by atoms with Gasteiger partial charge in [0.1, 0.15) is 5.75 Å². The third-order valence-corrected chi connectivity index (χ3v) is 6.57. The Bertz CT molecular complexity index is 1080. The fraction of sp³-hybridized carbons (Fsp3) is 0.360. The fourth-order valence-corrected chi connectivity index (χ4v) is 5.12. The first-order chi connectivity index (χ1) is 15.1. The molecule has 2 aromatic carbocycles. The van der Waals surface area contributed by atoms with Crippen molar-refractivity contribution in [1.29, 1.82) is 0 Å². The normalized spacial score (nSPS) is 14.8. The molecule has 0 aliphatic carbocycles. The van der Waals surface area contributed by atoms with E-state index in [-0.39, 0.29) is 18.1 Å². The molecular formula is C25H29Br2N3O2. The number of nitrogens with one attached hydrogen (secondary N) is 1. The standard InChI is InChI=1S/C25H29Br2N3O2/c1-6-9-30-22-10-16(2)18(11-20(22)17(3)13-25(30,4)5)14-28-29-24(31)15-32-23-8-7-19(26)12-21(23)27/h7-8,10-14H,6,9,15H2,1-5H3,(H,29,31)/b28-14+. The number of benzene rings is 2. The number of carbonyl (C=O) groups excluding carboxylic acids is 1. The van der Waals surface area contributed by atoms with Crippen LogP contribution in [0.3, 0.4) is 0 Å². The zero-order valence-corrected chi connectivity index (χ0v) is 22.3. The van der Waals surface area contributed by atoms with E-state index in [0.717, 1.165) is 33.0 Å². The lowest BCUT2D eigenvalue weighted by Crippen LogP contribution is -2.45. The summed E-state index contributed by atoms with van der Waals surface area (Å²) in [5.41, 5.74) is 8.33. The van der Waals surface area contributed by atoms with Gasteiger partial charge < -0.3 is 9.64 Å². The van der Waals surface area contributed by atoms with E-state index in [0.29, 0.717) is 5.75 Å². The summed E-state index contributed by atoms with van der Waals surface area (Å²) < 4.78 is 7.26. The zero-order valence-electron chi connectivity index (χ0n) is 19.1. The van der Waals surface area contributed by atoms with E-state index in [1.807, 2.05) is 12.1 Å². The van der Waals surface area contributed by atoms with Gasteiger partial charge in [-0.1, -0.05) is 28.9 Å². The van der Waals surface area contributed by atoms with Crippen LogP contribution in [0.4, 0.5) is 5.69 Å². The second kappa shape index (κ2) is 10.2. The fourth-order valence-electron chi connectivity index (χ4n) is 3.96. The number of nitrogens with zero attached hydrogens (tertiary/aromatic N) is 2.